The van der Waals surface area contributed by atoms with E-state index in [0.717, 1.165) is 10.9 Å². The zero-order valence-electron chi connectivity index (χ0n) is 10.4. The Morgan fingerprint density at radius 1 is 1.05 bits per heavy atom. The third-order valence-corrected chi connectivity index (χ3v) is 2.88. The lowest BCUT2D eigenvalue weighted by Crippen LogP contribution is -2.05. The van der Waals surface area contributed by atoms with E-state index in [4.69, 9.17) is 0 Å². The molecule has 0 saturated carbocycles. The SMILES string of the molecule is Cc1nccc(C(=O)c2ccc3cccnc3c2)n1. The van der Waals surface area contributed by atoms with Crippen LogP contribution in [0.15, 0.2) is 48.8 Å². The van der Waals surface area contributed by atoms with Crippen LogP contribution < -0.4 is 0 Å². The maximum Gasteiger partial charge on any atom is 0.211 e. The third kappa shape index (κ3) is 2.20. The Bertz CT molecular complexity index is 768. The van der Waals surface area contributed by atoms with Crippen LogP contribution in [0.5, 0.6) is 0 Å². The van der Waals surface area contributed by atoms with E-state index in [-0.39, 0.29) is 5.78 Å². The van der Waals surface area contributed by atoms with Crippen molar-refractivity contribution in [1.29, 1.82) is 0 Å². The van der Waals surface area contributed by atoms with E-state index in [2.05, 4.69) is 15.0 Å². The lowest BCUT2D eigenvalue weighted by atomic mass is 10.1. The average Bonchev–Trinajstić information content (AvgIpc) is 2.46. The van der Waals surface area contributed by atoms with Crippen LogP contribution in [-0.4, -0.2) is 20.7 Å². The van der Waals surface area contributed by atoms with Gasteiger partial charge in [0.15, 0.2) is 0 Å². The average molecular weight is 249 g/mol. The molecule has 3 rings (SSSR count). The van der Waals surface area contributed by atoms with Gasteiger partial charge >= 0.3 is 0 Å². The fraction of sp³-hybridized carbons (Fsp3) is 0.0667. The molecule has 4 nitrogen and oxygen atoms in total. The monoisotopic (exact) mass is 249 g/mol. The Morgan fingerprint density at radius 3 is 2.79 bits per heavy atom. The minimum absolute atomic E-state index is 0.113. The minimum Gasteiger partial charge on any atom is -0.287 e. The molecule has 0 aliphatic heterocycles. The summed E-state index contributed by atoms with van der Waals surface area (Å²) in [6.07, 6.45) is 3.31. The van der Waals surface area contributed by atoms with Gasteiger partial charge in [0.2, 0.25) is 5.78 Å². The van der Waals surface area contributed by atoms with E-state index in [1.807, 2.05) is 18.2 Å². The van der Waals surface area contributed by atoms with Crippen molar-refractivity contribution < 1.29 is 4.79 Å². The molecular weight excluding hydrogens is 238 g/mol. The zero-order chi connectivity index (χ0) is 13.2. The molecule has 4 heteroatoms. The number of nitrogens with zero attached hydrogens (tertiary/aromatic N) is 3. The second-order valence-electron chi connectivity index (χ2n) is 4.23. The number of carbonyl (C=O) groups is 1. The number of fused-ring (bicyclic) bond motifs is 1. The lowest BCUT2D eigenvalue weighted by Gasteiger charge is -2.02. The van der Waals surface area contributed by atoms with Gasteiger partial charge in [-0.15, -0.1) is 0 Å². The maximum absolute atomic E-state index is 12.3. The van der Waals surface area contributed by atoms with Crippen LogP contribution in [0.2, 0.25) is 0 Å². The number of ketones is 1. The van der Waals surface area contributed by atoms with Gasteiger partial charge in [0.25, 0.3) is 0 Å². The second-order valence-corrected chi connectivity index (χ2v) is 4.23. The molecule has 2 aromatic heterocycles. The molecule has 0 saturated heterocycles. The Labute approximate surface area is 110 Å². The number of benzene rings is 1. The number of aryl methyl sites for hydroxylation is 1. The van der Waals surface area contributed by atoms with Crippen molar-refractivity contribution in [2.45, 2.75) is 6.92 Å². The Balaban J connectivity index is 2.06. The van der Waals surface area contributed by atoms with Gasteiger partial charge in [-0.25, -0.2) is 9.97 Å². The van der Waals surface area contributed by atoms with Crippen LogP contribution in [0.1, 0.15) is 21.9 Å². The lowest BCUT2D eigenvalue weighted by molar-refractivity contribution is 0.103. The van der Waals surface area contributed by atoms with Gasteiger partial charge in [-0.3, -0.25) is 9.78 Å². The Hall–Kier alpha value is -2.62. The molecule has 0 atom stereocenters. The summed E-state index contributed by atoms with van der Waals surface area (Å²) in [5, 5.41) is 1.01. The van der Waals surface area contributed by atoms with E-state index in [9.17, 15) is 4.79 Å². The largest absolute Gasteiger partial charge is 0.287 e. The molecule has 0 radical (unpaired) electrons. The second kappa shape index (κ2) is 4.57. The summed E-state index contributed by atoms with van der Waals surface area (Å²) < 4.78 is 0. The zero-order valence-corrected chi connectivity index (χ0v) is 10.4. The van der Waals surface area contributed by atoms with Crippen molar-refractivity contribution >= 4 is 16.7 Å². The number of hydrogen-bond donors (Lipinski definition) is 0. The smallest absolute Gasteiger partial charge is 0.211 e. The Kier molecular flexibility index (Phi) is 2.76. The van der Waals surface area contributed by atoms with Gasteiger partial charge in [-0.2, -0.15) is 0 Å². The quantitative estimate of drug-likeness (QED) is 0.655. The first kappa shape index (κ1) is 11.5. The molecule has 0 N–H and O–H groups in total. The molecule has 0 spiro atoms. The minimum atomic E-state index is -0.113. The van der Waals surface area contributed by atoms with Gasteiger partial charge in [0.05, 0.1) is 5.52 Å². The van der Waals surface area contributed by atoms with Crippen molar-refractivity contribution in [3.63, 3.8) is 0 Å². The van der Waals surface area contributed by atoms with Crippen LogP contribution >= 0.6 is 0 Å². The number of rotatable bonds is 2. The van der Waals surface area contributed by atoms with E-state index >= 15 is 0 Å². The fourth-order valence-corrected chi connectivity index (χ4v) is 1.94. The topological polar surface area (TPSA) is 55.7 Å². The number of hydrogen-bond acceptors (Lipinski definition) is 4. The first-order valence-electron chi connectivity index (χ1n) is 5.93. The standard InChI is InChI=1S/C15H11N3O/c1-10-16-8-6-13(18-10)15(19)12-5-4-11-3-2-7-17-14(11)9-12/h2-9H,1H3. The summed E-state index contributed by atoms with van der Waals surface area (Å²) in [6.45, 7) is 1.76. The van der Waals surface area contributed by atoms with Crippen LogP contribution in [0.25, 0.3) is 10.9 Å². The van der Waals surface area contributed by atoms with E-state index in [1.165, 1.54) is 0 Å². The van der Waals surface area contributed by atoms with E-state index < -0.39 is 0 Å². The third-order valence-electron chi connectivity index (χ3n) is 2.88. The fourth-order valence-electron chi connectivity index (χ4n) is 1.94. The molecule has 3 aromatic rings. The van der Waals surface area contributed by atoms with Gasteiger partial charge in [0, 0.05) is 23.3 Å². The summed E-state index contributed by atoms with van der Waals surface area (Å²) in [7, 11) is 0. The molecule has 92 valence electrons. The van der Waals surface area contributed by atoms with Gasteiger partial charge in [-0.1, -0.05) is 18.2 Å². The first-order valence-corrected chi connectivity index (χ1v) is 5.93. The van der Waals surface area contributed by atoms with Crippen molar-refractivity contribution in [2.24, 2.45) is 0 Å². The van der Waals surface area contributed by atoms with Crippen LogP contribution in [0.3, 0.4) is 0 Å². The molecule has 0 fully saturated rings. The molecule has 0 aliphatic rings. The molecular formula is C15H11N3O. The highest BCUT2D eigenvalue weighted by Crippen LogP contribution is 2.15. The van der Waals surface area contributed by atoms with Crippen LogP contribution in [0, 0.1) is 6.92 Å². The van der Waals surface area contributed by atoms with Gasteiger partial charge in [0.1, 0.15) is 11.5 Å². The summed E-state index contributed by atoms with van der Waals surface area (Å²) >= 11 is 0. The van der Waals surface area contributed by atoms with E-state index in [0.29, 0.717) is 17.1 Å². The Morgan fingerprint density at radius 2 is 1.95 bits per heavy atom. The number of carbonyl (C=O) groups excluding carboxylic acids is 1. The normalized spacial score (nSPS) is 10.6. The molecule has 0 unspecified atom stereocenters. The highest BCUT2D eigenvalue weighted by Gasteiger charge is 2.11. The molecule has 0 bridgehead atoms. The van der Waals surface area contributed by atoms with Gasteiger partial charge in [-0.05, 0) is 25.1 Å². The maximum atomic E-state index is 12.3. The van der Waals surface area contributed by atoms with Crippen LogP contribution in [-0.2, 0) is 0 Å². The summed E-state index contributed by atoms with van der Waals surface area (Å²) in [5.41, 5.74) is 1.80. The van der Waals surface area contributed by atoms with Crippen molar-refractivity contribution in [1.82, 2.24) is 15.0 Å². The van der Waals surface area contributed by atoms with Gasteiger partial charge < -0.3 is 0 Å². The highest BCUT2D eigenvalue weighted by atomic mass is 16.1. The predicted molar refractivity (Wildman–Crippen MR) is 71.9 cm³/mol. The predicted octanol–water partition coefficient (Wildman–Crippen LogP) is 2.56. The highest BCUT2D eigenvalue weighted by molar-refractivity contribution is 6.09. The van der Waals surface area contributed by atoms with Crippen molar-refractivity contribution in [3.8, 4) is 0 Å². The number of pyridine rings is 1. The molecule has 1 aromatic carbocycles. The number of aromatic nitrogens is 3. The summed E-state index contributed by atoms with van der Waals surface area (Å²) in [5.74, 6) is 0.475. The van der Waals surface area contributed by atoms with Crippen molar-refractivity contribution in [2.75, 3.05) is 0 Å². The van der Waals surface area contributed by atoms with Crippen molar-refractivity contribution in [3.05, 3.63) is 65.9 Å². The van der Waals surface area contributed by atoms with Crippen LogP contribution in [0.4, 0.5) is 0 Å². The molecule has 2 heterocycles. The molecule has 19 heavy (non-hydrogen) atoms. The molecule has 0 amide bonds. The summed E-state index contributed by atoms with van der Waals surface area (Å²) in [4.78, 5) is 24.7. The van der Waals surface area contributed by atoms with E-state index in [1.54, 1.807) is 37.5 Å². The summed E-state index contributed by atoms with van der Waals surface area (Å²) in [6, 6.07) is 10.9. The molecule has 0 aliphatic carbocycles. The first-order chi connectivity index (χ1) is 9.24.